The number of carbonyl (C=O) groups is 1. The largest absolute Gasteiger partial charge is 0.508 e. The Morgan fingerprint density at radius 1 is 1.40 bits per heavy atom. The van der Waals surface area contributed by atoms with Crippen molar-refractivity contribution < 1.29 is 9.90 Å². The van der Waals surface area contributed by atoms with Crippen LogP contribution in [0.2, 0.25) is 0 Å². The van der Waals surface area contributed by atoms with Gasteiger partial charge in [0.2, 0.25) is 0 Å². The summed E-state index contributed by atoms with van der Waals surface area (Å²) in [4.78, 5) is 22.7. The molecule has 1 amide bonds. The Morgan fingerprint density at radius 2 is 2.24 bits per heavy atom. The van der Waals surface area contributed by atoms with Crippen LogP contribution >= 0.6 is 0 Å². The minimum atomic E-state index is 0.0324. The third-order valence-electron chi connectivity index (χ3n) is 5.30. The number of phenolic OH excluding ortho intramolecular Hbond substituents is 1. The van der Waals surface area contributed by atoms with Gasteiger partial charge in [0.25, 0.3) is 5.91 Å². The number of rotatable bonds is 2. The topological polar surface area (TPSA) is 74.2 Å². The molecule has 1 atom stereocenters. The number of nitrogens with one attached hydrogen (secondary N) is 1. The number of aryl methyl sites for hydroxylation is 1. The maximum Gasteiger partial charge on any atom is 0.256 e. The molecule has 1 aromatic carbocycles. The van der Waals surface area contributed by atoms with Crippen LogP contribution in [-0.2, 0) is 7.05 Å². The molecule has 25 heavy (non-hydrogen) atoms. The Labute approximate surface area is 146 Å². The molecule has 6 nitrogen and oxygen atoms in total. The molecule has 0 spiro atoms. The molecule has 6 heteroatoms. The molecular weight excluding hydrogens is 316 g/mol. The summed E-state index contributed by atoms with van der Waals surface area (Å²) >= 11 is 0. The molecule has 1 fully saturated rings. The van der Waals surface area contributed by atoms with Gasteiger partial charge in [0, 0.05) is 55.0 Å². The fourth-order valence-electron chi connectivity index (χ4n) is 3.87. The van der Waals surface area contributed by atoms with Crippen LogP contribution in [0.1, 0.15) is 40.6 Å². The van der Waals surface area contributed by atoms with E-state index in [-0.39, 0.29) is 17.6 Å². The van der Waals surface area contributed by atoms with Gasteiger partial charge in [-0.3, -0.25) is 4.79 Å². The summed E-state index contributed by atoms with van der Waals surface area (Å²) in [5.74, 6) is 1.41. The van der Waals surface area contributed by atoms with E-state index in [0.29, 0.717) is 12.1 Å². The molecule has 3 heterocycles. The van der Waals surface area contributed by atoms with E-state index < -0.39 is 0 Å². The van der Waals surface area contributed by atoms with Crippen LogP contribution in [0.15, 0.2) is 30.6 Å². The lowest BCUT2D eigenvalue weighted by Crippen LogP contribution is -2.39. The Hall–Kier alpha value is -2.76. The number of phenols is 1. The number of benzene rings is 1. The zero-order valence-corrected chi connectivity index (χ0v) is 14.5. The van der Waals surface area contributed by atoms with E-state index in [2.05, 4.69) is 9.97 Å². The Kier molecular flexibility index (Phi) is 3.75. The zero-order chi connectivity index (χ0) is 17.6. The second kappa shape index (κ2) is 5.95. The molecule has 1 aliphatic rings. The number of hydrogen-bond acceptors (Lipinski definition) is 3. The van der Waals surface area contributed by atoms with Gasteiger partial charge < -0.3 is 19.6 Å². The molecule has 130 valence electrons. The fourth-order valence-corrected chi connectivity index (χ4v) is 3.87. The number of imidazole rings is 1. The van der Waals surface area contributed by atoms with Crippen molar-refractivity contribution >= 4 is 16.8 Å². The number of aromatic hydroxyl groups is 1. The molecule has 0 saturated carbocycles. The number of fused-ring (bicyclic) bond motifs is 1. The Morgan fingerprint density at radius 3 is 3.00 bits per heavy atom. The van der Waals surface area contributed by atoms with E-state index in [4.69, 9.17) is 0 Å². The molecule has 1 saturated heterocycles. The molecule has 2 N–H and O–H groups in total. The van der Waals surface area contributed by atoms with Crippen molar-refractivity contribution in [2.75, 3.05) is 13.1 Å². The molecule has 0 unspecified atom stereocenters. The maximum atomic E-state index is 13.3. The number of aromatic nitrogens is 3. The maximum absolute atomic E-state index is 13.3. The van der Waals surface area contributed by atoms with Crippen molar-refractivity contribution in [3.05, 3.63) is 47.7 Å². The van der Waals surface area contributed by atoms with Crippen molar-refractivity contribution in [3.63, 3.8) is 0 Å². The third-order valence-corrected chi connectivity index (χ3v) is 5.30. The van der Waals surface area contributed by atoms with Gasteiger partial charge in [-0.15, -0.1) is 0 Å². The molecule has 0 bridgehead atoms. The van der Waals surface area contributed by atoms with E-state index in [1.165, 1.54) is 0 Å². The first-order chi connectivity index (χ1) is 12.1. The molecule has 2 aromatic heterocycles. The van der Waals surface area contributed by atoms with E-state index in [0.717, 1.165) is 41.8 Å². The number of likely N-dealkylation sites (tertiary alicyclic amines) is 1. The number of carbonyl (C=O) groups excluding carboxylic acids is 1. The van der Waals surface area contributed by atoms with E-state index in [1.54, 1.807) is 18.3 Å². The summed E-state index contributed by atoms with van der Waals surface area (Å²) in [6.45, 7) is 3.38. The van der Waals surface area contributed by atoms with Crippen molar-refractivity contribution in [3.8, 4) is 5.75 Å². The number of nitrogens with zero attached hydrogens (tertiary/aromatic N) is 3. The van der Waals surface area contributed by atoms with Crippen molar-refractivity contribution in [2.24, 2.45) is 7.05 Å². The quantitative estimate of drug-likeness (QED) is 0.754. The smallest absolute Gasteiger partial charge is 0.256 e. The summed E-state index contributed by atoms with van der Waals surface area (Å²) in [6, 6.07) is 5.20. The number of amides is 1. The van der Waals surface area contributed by atoms with Crippen LogP contribution < -0.4 is 0 Å². The lowest BCUT2D eigenvalue weighted by atomic mass is 9.96. The van der Waals surface area contributed by atoms with E-state index in [9.17, 15) is 9.90 Å². The summed E-state index contributed by atoms with van der Waals surface area (Å²) in [5, 5.41) is 10.7. The fraction of sp³-hybridized carbons (Fsp3) is 0.368. The van der Waals surface area contributed by atoms with Crippen LogP contribution in [0, 0.1) is 6.92 Å². The van der Waals surface area contributed by atoms with Crippen LogP contribution in [0.3, 0.4) is 0 Å². The van der Waals surface area contributed by atoms with Crippen LogP contribution in [-0.4, -0.2) is 43.5 Å². The second-order valence-corrected chi connectivity index (χ2v) is 6.79. The van der Waals surface area contributed by atoms with Crippen molar-refractivity contribution in [1.29, 1.82) is 0 Å². The normalized spacial score (nSPS) is 18.0. The molecule has 3 aromatic rings. The number of H-pyrrole nitrogens is 1. The lowest BCUT2D eigenvalue weighted by Gasteiger charge is -2.32. The first-order valence-corrected chi connectivity index (χ1v) is 8.63. The van der Waals surface area contributed by atoms with E-state index >= 15 is 0 Å². The molecule has 0 aliphatic carbocycles. The first kappa shape index (κ1) is 15.7. The number of aromatic amines is 1. The predicted molar refractivity (Wildman–Crippen MR) is 95.8 cm³/mol. The van der Waals surface area contributed by atoms with Crippen molar-refractivity contribution in [1.82, 2.24) is 19.4 Å². The van der Waals surface area contributed by atoms with Crippen LogP contribution in [0.25, 0.3) is 10.9 Å². The van der Waals surface area contributed by atoms with Gasteiger partial charge in [0.15, 0.2) is 0 Å². The zero-order valence-electron chi connectivity index (χ0n) is 14.5. The number of hydrogen-bond donors (Lipinski definition) is 2. The molecule has 0 radical (unpaired) electrons. The predicted octanol–water partition coefficient (Wildman–Crippen LogP) is 2.94. The van der Waals surface area contributed by atoms with Gasteiger partial charge >= 0.3 is 0 Å². The van der Waals surface area contributed by atoms with Gasteiger partial charge in [-0.05, 0) is 38.0 Å². The van der Waals surface area contributed by atoms with Crippen LogP contribution in [0.4, 0.5) is 0 Å². The highest BCUT2D eigenvalue weighted by atomic mass is 16.3. The molecule has 4 rings (SSSR count). The highest BCUT2D eigenvalue weighted by Gasteiger charge is 2.29. The van der Waals surface area contributed by atoms with Gasteiger partial charge in [-0.2, -0.15) is 0 Å². The average molecular weight is 338 g/mol. The highest BCUT2D eigenvalue weighted by Crippen LogP contribution is 2.31. The monoisotopic (exact) mass is 338 g/mol. The van der Waals surface area contributed by atoms with Gasteiger partial charge in [-0.25, -0.2) is 4.98 Å². The molecular formula is C19H22N4O2. The van der Waals surface area contributed by atoms with Crippen LogP contribution in [0.5, 0.6) is 5.75 Å². The summed E-state index contributed by atoms with van der Waals surface area (Å²) < 4.78 is 2.01. The van der Waals surface area contributed by atoms with Gasteiger partial charge in [0.05, 0.1) is 5.56 Å². The lowest BCUT2D eigenvalue weighted by molar-refractivity contribution is 0.0706. The summed E-state index contributed by atoms with van der Waals surface area (Å²) in [5.41, 5.74) is 2.57. The standard InChI is InChI=1S/C19H22N4O2/c1-12-17(15-10-14(24)5-6-16(15)22(12)2)19(25)23-9-3-4-13(11-23)18-20-7-8-21-18/h5-8,10,13,24H,3-4,9,11H2,1-2H3,(H,20,21)/t13-/m1/s1. The first-order valence-electron chi connectivity index (χ1n) is 8.63. The highest BCUT2D eigenvalue weighted by molar-refractivity contribution is 6.08. The summed E-state index contributed by atoms with van der Waals surface area (Å²) in [6.07, 6.45) is 5.58. The minimum Gasteiger partial charge on any atom is -0.508 e. The Balaban J connectivity index is 1.70. The SMILES string of the molecule is Cc1c(C(=O)N2CCC[C@@H](c3ncc[nH]3)C2)c2cc(O)ccc2n1C. The van der Waals surface area contributed by atoms with Gasteiger partial charge in [0.1, 0.15) is 11.6 Å². The Bertz CT molecular complexity index is 927. The van der Waals surface area contributed by atoms with E-state index in [1.807, 2.05) is 35.7 Å². The third kappa shape index (κ3) is 2.58. The molecule has 1 aliphatic heterocycles. The number of piperidine rings is 1. The average Bonchev–Trinajstić information content (AvgIpc) is 3.23. The van der Waals surface area contributed by atoms with Gasteiger partial charge in [-0.1, -0.05) is 0 Å². The minimum absolute atomic E-state index is 0.0324. The summed E-state index contributed by atoms with van der Waals surface area (Å²) in [7, 11) is 1.95. The van der Waals surface area contributed by atoms with Crippen molar-refractivity contribution in [2.45, 2.75) is 25.7 Å². The second-order valence-electron chi connectivity index (χ2n) is 6.79.